The molecular weight excluding hydrogens is 408 g/mol. The predicted molar refractivity (Wildman–Crippen MR) is 117 cm³/mol. The molecule has 5 rings (SSSR count). The molecule has 0 bridgehead atoms. The molecule has 32 heavy (non-hydrogen) atoms. The lowest BCUT2D eigenvalue weighted by Crippen LogP contribution is -2.41. The van der Waals surface area contributed by atoms with Crippen LogP contribution in [0.3, 0.4) is 0 Å². The van der Waals surface area contributed by atoms with Crippen molar-refractivity contribution < 1.29 is 14.1 Å². The molecular formula is C23H22N6O3. The van der Waals surface area contributed by atoms with Gasteiger partial charge in [0.15, 0.2) is 0 Å². The fourth-order valence-electron chi connectivity index (χ4n) is 3.81. The third kappa shape index (κ3) is 3.80. The zero-order chi connectivity index (χ0) is 22.1. The summed E-state index contributed by atoms with van der Waals surface area (Å²) in [5.74, 6) is 1.59. The van der Waals surface area contributed by atoms with E-state index in [2.05, 4.69) is 25.4 Å². The van der Waals surface area contributed by atoms with E-state index in [9.17, 15) is 4.79 Å². The van der Waals surface area contributed by atoms with Crippen LogP contribution in [0.25, 0.3) is 11.4 Å². The Morgan fingerprint density at radius 3 is 2.88 bits per heavy atom. The number of aromatic nitrogens is 4. The van der Waals surface area contributed by atoms with E-state index in [1.807, 2.05) is 31.2 Å². The number of imidazole rings is 1. The number of methoxy groups -OCH3 is 1. The Kier molecular flexibility index (Phi) is 5.06. The van der Waals surface area contributed by atoms with Gasteiger partial charge in [0.05, 0.1) is 31.4 Å². The minimum Gasteiger partial charge on any atom is -0.497 e. The molecule has 1 atom stereocenters. The van der Waals surface area contributed by atoms with E-state index in [1.54, 1.807) is 42.6 Å². The van der Waals surface area contributed by atoms with E-state index in [0.717, 1.165) is 28.3 Å². The van der Waals surface area contributed by atoms with E-state index in [0.29, 0.717) is 30.4 Å². The van der Waals surface area contributed by atoms with Crippen LogP contribution in [0.2, 0.25) is 0 Å². The number of urea groups is 1. The highest BCUT2D eigenvalue weighted by Crippen LogP contribution is 2.33. The maximum Gasteiger partial charge on any atom is 0.322 e. The van der Waals surface area contributed by atoms with Crippen molar-refractivity contribution >= 4 is 11.7 Å². The highest BCUT2D eigenvalue weighted by Gasteiger charge is 2.36. The van der Waals surface area contributed by atoms with Crippen molar-refractivity contribution in [2.24, 2.45) is 0 Å². The van der Waals surface area contributed by atoms with Gasteiger partial charge in [-0.15, -0.1) is 0 Å². The molecule has 0 spiro atoms. The summed E-state index contributed by atoms with van der Waals surface area (Å²) in [4.78, 5) is 27.0. The van der Waals surface area contributed by atoms with Crippen molar-refractivity contribution in [3.8, 4) is 17.1 Å². The smallest absolute Gasteiger partial charge is 0.322 e. The first-order valence-corrected chi connectivity index (χ1v) is 10.2. The van der Waals surface area contributed by atoms with E-state index in [4.69, 9.17) is 9.26 Å². The standard InChI is InChI=1S/C23H22N6O3/c1-14-4-3-5-15(10-14)21-27-22(32-28-21)20-11-18-19(25-13-24-18)12-29(20)23(30)26-16-6-8-17(31-2)9-7-16/h3-10,13,20H,11-12H2,1-2H3,(H,24,25)(H,26,30)/t20-/m0/s1. The monoisotopic (exact) mass is 430 g/mol. The molecule has 2 amide bonds. The topological polar surface area (TPSA) is 109 Å². The fourth-order valence-corrected chi connectivity index (χ4v) is 3.81. The third-order valence-corrected chi connectivity index (χ3v) is 5.50. The fraction of sp³-hybridized carbons (Fsp3) is 0.217. The van der Waals surface area contributed by atoms with Gasteiger partial charge in [0.2, 0.25) is 11.7 Å². The van der Waals surface area contributed by atoms with Gasteiger partial charge in [0.1, 0.15) is 11.8 Å². The minimum atomic E-state index is -0.435. The molecule has 162 valence electrons. The number of fused-ring (bicyclic) bond motifs is 1. The first-order valence-electron chi connectivity index (χ1n) is 10.2. The second-order valence-electron chi connectivity index (χ2n) is 7.66. The van der Waals surface area contributed by atoms with E-state index < -0.39 is 6.04 Å². The first-order chi connectivity index (χ1) is 15.6. The van der Waals surface area contributed by atoms with Gasteiger partial charge in [0, 0.05) is 17.7 Å². The molecule has 2 aromatic heterocycles. The van der Waals surface area contributed by atoms with Crippen molar-refractivity contribution in [1.29, 1.82) is 0 Å². The van der Waals surface area contributed by atoms with E-state index in [1.165, 1.54) is 0 Å². The predicted octanol–water partition coefficient (Wildman–Crippen LogP) is 4.11. The largest absolute Gasteiger partial charge is 0.497 e. The summed E-state index contributed by atoms with van der Waals surface area (Å²) in [5, 5.41) is 7.10. The van der Waals surface area contributed by atoms with Crippen molar-refractivity contribution in [2.45, 2.75) is 25.9 Å². The highest BCUT2D eigenvalue weighted by molar-refractivity contribution is 5.89. The van der Waals surface area contributed by atoms with Gasteiger partial charge < -0.3 is 24.5 Å². The van der Waals surface area contributed by atoms with Crippen LogP contribution in [0.5, 0.6) is 5.75 Å². The number of amides is 2. The second kappa shape index (κ2) is 8.18. The first kappa shape index (κ1) is 19.8. The molecule has 0 saturated heterocycles. The summed E-state index contributed by atoms with van der Waals surface area (Å²) in [5.41, 5.74) is 4.41. The Morgan fingerprint density at radius 1 is 1.25 bits per heavy atom. The number of carbonyl (C=O) groups is 1. The summed E-state index contributed by atoms with van der Waals surface area (Å²) in [6.07, 6.45) is 2.11. The third-order valence-electron chi connectivity index (χ3n) is 5.50. The highest BCUT2D eigenvalue weighted by atomic mass is 16.5. The second-order valence-corrected chi connectivity index (χ2v) is 7.66. The summed E-state index contributed by atoms with van der Waals surface area (Å²) >= 11 is 0. The molecule has 3 heterocycles. The molecule has 0 unspecified atom stereocenters. The van der Waals surface area contributed by atoms with Crippen molar-refractivity contribution in [3.05, 3.63) is 77.7 Å². The lowest BCUT2D eigenvalue weighted by molar-refractivity contribution is 0.155. The Bertz CT molecular complexity index is 1250. The number of nitrogens with zero attached hydrogens (tertiary/aromatic N) is 4. The number of H-pyrrole nitrogens is 1. The minimum absolute atomic E-state index is 0.268. The van der Waals surface area contributed by atoms with Gasteiger partial charge in [-0.25, -0.2) is 9.78 Å². The molecule has 1 aliphatic rings. The molecule has 0 fully saturated rings. The van der Waals surface area contributed by atoms with Crippen molar-refractivity contribution in [1.82, 2.24) is 25.0 Å². The molecule has 9 nitrogen and oxygen atoms in total. The summed E-state index contributed by atoms with van der Waals surface area (Å²) in [7, 11) is 1.60. The number of rotatable bonds is 4. The SMILES string of the molecule is COc1ccc(NC(=O)N2Cc3[nH]cnc3C[C@H]2c2nc(-c3cccc(C)c3)no2)cc1. The molecule has 2 aromatic carbocycles. The Labute approximate surface area is 184 Å². The van der Waals surface area contributed by atoms with E-state index >= 15 is 0 Å². The molecule has 0 radical (unpaired) electrons. The van der Waals surface area contributed by atoms with Crippen LogP contribution in [0.15, 0.2) is 59.4 Å². The number of anilines is 1. The van der Waals surface area contributed by atoms with Crippen molar-refractivity contribution in [2.75, 3.05) is 12.4 Å². The zero-order valence-electron chi connectivity index (χ0n) is 17.7. The molecule has 0 aliphatic carbocycles. The maximum atomic E-state index is 13.2. The number of nitrogens with one attached hydrogen (secondary N) is 2. The van der Waals surface area contributed by atoms with Crippen LogP contribution in [0.4, 0.5) is 10.5 Å². The van der Waals surface area contributed by atoms with Gasteiger partial charge in [-0.1, -0.05) is 28.9 Å². The average Bonchev–Trinajstić information content (AvgIpc) is 3.48. The summed E-state index contributed by atoms with van der Waals surface area (Å²) in [6, 6.07) is 14.4. The summed E-state index contributed by atoms with van der Waals surface area (Å²) < 4.78 is 10.8. The zero-order valence-corrected chi connectivity index (χ0v) is 17.7. The molecule has 2 N–H and O–H groups in total. The van der Waals surface area contributed by atoms with Gasteiger partial charge in [-0.05, 0) is 37.3 Å². The van der Waals surface area contributed by atoms with Crippen molar-refractivity contribution in [3.63, 3.8) is 0 Å². The van der Waals surface area contributed by atoms with Crippen LogP contribution in [0.1, 0.15) is 28.9 Å². The van der Waals surface area contributed by atoms with Crippen LogP contribution >= 0.6 is 0 Å². The lowest BCUT2D eigenvalue weighted by atomic mass is 10.0. The molecule has 1 aliphatic heterocycles. The summed E-state index contributed by atoms with van der Waals surface area (Å²) in [6.45, 7) is 2.36. The quantitative estimate of drug-likeness (QED) is 0.504. The number of benzene rings is 2. The van der Waals surface area contributed by atoms with E-state index in [-0.39, 0.29) is 6.03 Å². The molecule has 9 heteroatoms. The molecule has 0 saturated carbocycles. The number of aryl methyl sites for hydroxylation is 1. The number of hydrogen-bond acceptors (Lipinski definition) is 6. The van der Waals surface area contributed by atoms with Crippen LogP contribution in [0, 0.1) is 6.92 Å². The average molecular weight is 430 g/mol. The van der Waals surface area contributed by atoms with Crippen LogP contribution < -0.4 is 10.1 Å². The Morgan fingerprint density at radius 2 is 2.09 bits per heavy atom. The number of ether oxygens (including phenoxy) is 1. The number of hydrogen-bond donors (Lipinski definition) is 2. The Hall–Kier alpha value is -4.14. The number of carbonyl (C=O) groups excluding carboxylic acids is 1. The maximum absolute atomic E-state index is 13.2. The van der Waals surface area contributed by atoms with Gasteiger partial charge in [0.25, 0.3) is 0 Å². The normalized spacial score (nSPS) is 15.3. The lowest BCUT2D eigenvalue weighted by Gasteiger charge is -2.32. The van der Waals surface area contributed by atoms with Crippen LogP contribution in [-0.2, 0) is 13.0 Å². The van der Waals surface area contributed by atoms with Gasteiger partial charge in [-0.3, -0.25) is 0 Å². The number of aromatic amines is 1. The Balaban J connectivity index is 1.43. The van der Waals surface area contributed by atoms with Crippen LogP contribution in [-0.4, -0.2) is 38.1 Å². The molecule has 4 aromatic rings. The van der Waals surface area contributed by atoms with Gasteiger partial charge in [-0.2, -0.15) is 4.98 Å². The van der Waals surface area contributed by atoms with Gasteiger partial charge >= 0.3 is 6.03 Å².